The largest absolute Gasteiger partial charge is 0.349 e. The third-order valence-corrected chi connectivity index (χ3v) is 3.30. The van der Waals surface area contributed by atoms with Gasteiger partial charge < -0.3 is 15.2 Å². The third-order valence-electron chi connectivity index (χ3n) is 3.30. The predicted molar refractivity (Wildman–Crippen MR) is 65.4 cm³/mol. The molecule has 90 valence electrons. The Labute approximate surface area is 97.4 Å². The van der Waals surface area contributed by atoms with Crippen molar-refractivity contribution in [3.63, 3.8) is 0 Å². The maximum atomic E-state index is 4.22. The molecule has 1 fully saturated rings. The topological polar surface area (TPSA) is 44.0 Å². The van der Waals surface area contributed by atoms with Gasteiger partial charge in [0.25, 0.3) is 0 Å². The summed E-state index contributed by atoms with van der Waals surface area (Å²) in [7, 11) is 2.20. The lowest BCUT2D eigenvalue weighted by Gasteiger charge is -2.29. The fourth-order valence-corrected chi connectivity index (χ4v) is 2.21. The zero-order valence-electron chi connectivity index (χ0n) is 10.1. The standard InChI is InChI=1S/C12H22N4/c1-16-9-4-11(5-10-16)13-6-2-3-12-14-7-8-15-12/h7-8,11,13H,2-6,9-10H2,1H3,(H,14,15). The second-order valence-corrected chi connectivity index (χ2v) is 4.67. The maximum absolute atomic E-state index is 4.22. The van der Waals surface area contributed by atoms with E-state index in [1.807, 2.05) is 12.4 Å². The first kappa shape index (κ1) is 11.6. The van der Waals surface area contributed by atoms with Crippen LogP contribution in [-0.4, -0.2) is 47.6 Å². The van der Waals surface area contributed by atoms with Gasteiger partial charge in [0, 0.05) is 24.9 Å². The zero-order chi connectivity index (χ0) is 11.2. The van der Waals surface area contributed by atoms with Gasteiger partial charge in [-0.25, -0.2) is 4.98 Å². The predicted octanol–water partition coefficient (Wildman–Crippen LogP) is 1.03. The maximum Gasteiger partial charge on any atom is 0.106 e. The minimum atomic E-state index is 0.729. The van der Waals surface area contributed by atoms with Crippen molar-refractivity contribution < 1.29 is 0 Å². The van der Waals surface area contributed by atoms with Crippen LogP contribution in [0.25, 0.3) is 0 Å². The highest BCUT2D eigenvalue weighted by atomic mass is 15.1. The molecule has 1 aromatic heterocycles. The lowest BCUT2D eigenvalue weighted by atomic mass is 10.1. The number of nitrogens with zero attached hydrogens (tertiary/aromatic N) is 2. The third kappa shape index (κ3) is 3.61. The molecule has 0 bridgehead atoms. The Balaban J connectivity index is 1.55. The molecule has 1 aromatic rings. The van der Waals surface area contributed by atoms with Gasteiger partial charge in [-0.15, -0.1) is 0 Å². The lowest BCUT2D eigenvalue weighted by Crippen LogP contribution is -2.41. The first-order chi connectivity index (χ1) is 7.84. The lowest BCUT2D eigenvalue weighted by molar-refractivity contribution is 0.234. The number of hydrogen-bond acceptors (Lipinski definition) is 3. The van der Waals surface area contributed by atoms with Crippen LogP contribution in [0.1, 0.15) is 25.1 Å². The van der Waals surface area contributed by atoms with E-state index in [1.165, 1.54) is 32.4 Å². The van der Waals surface area contributed by atoms with Crippen LogP contribution in [0.2, 0.25) is 0 Å². The monoisotopic (exact) mass is 222 g/mol. The highest BCUT2D eigenvalue weighted by molar-refractivity contribution is 4.87. The van der Waals surface area contributed by atoms with Gasteiger partial charge in [0.1, 0.15) is 5.82 Å². The van der Waals surface area contributed by atoms with E-state index in [0.717, 1.165) is 24.8 Å². The summed E-state index contributed by atoms with van der Waals surface area (Å²) in [5.41, 5.74) is 0. The number of imidazole rings is 1. The minimum absolute atomic E-state index is 0.729. The Kier molecular flexibility index (Phi) is 4.36. The smallest absolute Gasteiger partial charge is 0.106 e. The number of H-pyrrole nitrogens is 1. The molecule has 4 nitrogen and oxygen atoms in total. The van der Waals surface area contributed by atoms with E-state index in [0.29, 0.717) is 0 Å². The molecule has 2 rings (SSSR count). The summed E-state index contributed by atoms with van der Waals surface area (Å²) in [6, 6.07) is 0.729. The van der Waals surface area contributed by atoms with Crippen molar-refractivity contribution in [2.24, 2.45) is 0 Å². The fraction of sp³-hybridized carbons (Fsp3) is 0.750. The Morgan fingerprint density at radius 3 is 3.00 bits per heavy atom. The average molecular weight is 222 g/mol. The molecular formula is C12H22N4. The number of aryl methyl sites for hydroxylation is 1. The number of piperidine rings is 1. The number of nitrogens with one attached hydrogen (secondary N) is 2. The van der Waals surface area contributed by atoms with Crippen molar-refractivity contribution in [1.82, 2.24) is 20.2 Å². The summed E-state index contributed by atoms with van der Waals surface area (Å²) in [4.78, 5) is 9.76. The Bertz CT molecular complexity index is 275. The first-order valence-corrected chi connectivity index (χ1v) is 6.25. The second-order valence-electron chi connectivity index (χ2n) is 4.67. The van der Waals surface area contributed by atoms with Crippen LogP contribution in [0.3, 0.4) is 0 Å². The molecule has 0 saturated carbocycles. The fourth-order valence-electron chi connectivity index (χ4n) is 2.21. The van der Waals surface area contributed by atoms with Crippen molar-refractivity contribution in [3.05, 3.63) is 18.2 Å². The highest BCUT2D eigenvalue weighted by Crippen LogP contribution is 2.08. The molecule has 0 unspecified atom stereocenters. The second kappa shape index (κ2) is 6.01. The number of hydrogen-bond donors (Lipinski definition) is 2. The van der Waals surface area contributed by atoms with E-state index in [4.69, 9.17) is 0 Å². The van der Waals surface area contributed by atoms with E-state index >= 15 is 0 Å². The van der Waals surface area contributed by atoms with Gasteiger partial charge in [-0.3, -0.25) is 0 Å². The number of rotatable bonds is 5. The van der Waals surface area contributed by atoms with Gasteiger partial charge in [-0.1, -0.05) is 0 Å². The molecule has 1 aliphatic heterocycles. The summed E-state index contributed by atoms with van der Waals surface area (Å²) in [5.74, 6) is 1.10. The Hall–Kier alpha value is -0.870. The van der Waals surface area contributed by atoms with Crippen LogP contribution in [0.4, 0.5) is 0 Å². The van der Waals surface area contributed by atoms with Crippen molar-refractivity contribution in [2.45, 2.75) is 31.7 Å². The molecule has 16 heavy (non-hydrogen) atoms. The van der Waals surface area contributed by atoms with Crippen molar-refractivity contribution in [3.8, 4) is 0 Å². The normalized spacial score (nSPS) is 19.1. The van der Waals surface area contributed by atoms with Crippen LogP contribution in [0.5, 0.6) is 0 Å². The molecule has 4 heteroatoms. The van der Waals surface area contributed by atoms with Crippen molar-refractivity contribution >= 4 is 0 Å². The minimum Gasteiger partial charge on any atom is -0.349 e. The van der Waals surface area contributed by atoms with Gasteiger partial charge in [0.15, 0.2) is 0 Å². The van der Waals surface area contributed by atoms with Gasteiger partial charge in [0.2, 0.25) is 0 Å². The van der Waals surface area contributed by atoms with Crippen LogP contribution < -0.4 is 5.32 Å². The Morgan fingerprint density at radius 1 is 1.50 bits per heavy atom. The molecule has 0 aliphatic carbocycles. The SMILES string of the molecule is CN1CCC(NCCCc2ncc[nH]2)CC1. The van der Waals surface area contributed by atoms with Crippen LogP contribution in [0, 0.1) is 0 Å². The van der Waals surface area contributed by atoms with Crippen LogP contribution >= 0.6 is 0 Å². The van der Waals surface area contributed by atoms with Crippen LogP contribution in [0.15, 0.2) is 12.4 Å². The summed E-state index contributed by atoms with van der Waals surface area (Å²) in [6.07, 6.45) is 8.50. The zero-order valence-corrected chi connectivity index (χ0v) is 10.1. The summed E-state index contributed by atoms with van der Waals surface area (Å²) < 4.78 is 0. The van der Waals surface area contributed by atoms with Crippen molar-refractivity contribution in [2.75, 3.05) is 26.7 Å². The van der Waals surface area contributed by atoms with Crippen molar-refractivity contribution in [1.29, 1.82) is 0 Å². The molecule has 1 aliphatic rings. The molecule has 0 amide bonds. The van der Waals surface area contributed by atoms with Crippen LogP contribution in [-0.2, 0) is 6.42 Å². The number of aromatic amines is 1. The highest BCUT2D eigenvalue weighted by Gasteiger charge is 2.15. The first-order valence-electron chi connectivity index (χ1n) is 6.25. The summed E-state index contributed by atoms with van der Waals surface area (Å²) in [6.45, 7) is 3.57. The molecular weight excluding hydrogens is 200 g/mol. The molecule has 0 radical (unpaired) electrons. The molecule has 0 atom stereocenters. The molecule has 2 N–H and O–H groups in total. The van der Waals surface area contributed by atoms with E-state index in [9.17, 15) is 0 Å². The van der Waals surface area contributed by atoms with E-state index < -0.39 is 0 Å². The van der Waals surface area contributed by atoms with E-state index in [1.54, 1.807) is 0 Å². The van der Waals surface area contributed by atoms with Gasteiger partial charge in [-0.2, -0.15) is 0 Å². The number of likely N-dealkylation sites (tertiary alicyclic amines) is 1. The molecule has 2 heterocycles. The quantitative estimate of drug-likeness (QED) is 0.731. The van der Waals surface area contributed by atoms with E-state index in [-0.39, 0.29) is 0 Å². The van der Waals surface area contributed by atoms with Gasteiger partial charge in [0.05, 0.1) is 0 Å². The molecule has 1 saturated heterocycles. The Morgan fingerprint density at radius 2 is 2.31 bits per heavy atom. The number of aromatic nitrogens is 2. The van der Waals surface area contributed by atoms with Gasteiger partial charge in [-0.05, 0) is 45.9 Å². The summed E-state index contributed by atoms with van der Waals surface area (Å²) >= 11 is 0. The molecule has 0 spiro atoms. The van der Waals surface area contributed by atoms with Gasteiger partial charge >= 0.3 is 0 Å². The molecule has 0 aromatic carbocycles. The average Bonchev–Trinajstić information content (AvgIpc) is 2.80. The van der Waals surface area contributed by atoms with E-state index in [2.05, 4.69) is 27.2 Å². The summed E-state index contributed by atoms with van der Waals surface area (Å²) in [5, 5.41) is 3.64.